The predicted octanol–water partition coefficient (Wildman–Crippen LogP) is 2.96. The molecule has 1 atom stereocenters. The zero-order chi connectivity index (χ0) is 14.5. The van der Waals surface area contributed by atoms with Gasteiger partial charge in [-0.05, 0) is 35.2 Å². The molecule has 3 rings (SSSR count). The quantitative estimate of drug-likeness (QED) is 0.935. The topological polar surface area (TPSA) is 45.0 Å². The van der Waals surface area contributed by atoms with Gasteiger partial charge in [-0.3, -0.25) is 0 Å². The lowest BCUT2D eigenvalue weighted by atomic mass is 9.97. The highest BCUT2D eigenvalue weighted by molar-refractivity contribution is 5.33. The molecule has 0 radical (unpaired) electrons. The molecule has 1 N–H and O–H groups in total. The van der Waals surface area contributed by atoms with Crippen LogP contribution in [0.4, 0.5) is 0 Å². The Hall–Kier alpha value is -2.15. The monoisotopic (exact) mass is 278 g/mol. The third-order valence-corrected chi connectivity index (χ3v) is 3.81. The van der Waals surface area contributed by atoms with Crippen LogP contribution < -0.4 is 5.32 Å². The van der Waals surface area contributed by atoms with Crippen molar-refractivity contribution in [3.05, 3.63) is 70.8 Å². The van der Waals surface area contributed by atoms with E-state index in [-0.39, 0.29) is 6.10 Å². The van der Waals surface area contributed by atoms with Crippen molar-refractivity contribution in [2.24, 2.45) is 0 Å². The molecule has 21 heavy (non-hydrogen) atoms. The summed E-state index contributed by atoms with van der Waals surface area (Å²) >= 11 is 0. The number of benzene rings is 2. The Morgan fingerprint density at radius 2 is 2.10 bits per heavy atom. The van der Waals surface area contributed by atoms with Gasteiger partial charge in [0.15, 0.2) is 0 Å². The third kappa shape index (κ3) is 3.30. The first kappa shape index (κ1) is 13.8. The number of ether oxygens (including phenoxy) is 1. The average Bonchev–Trinajstić information content (AvgIpc) is 2.55. The van der Waals surface area contributed by atoms with Crippen molar-refractivity contribution in [2.75, 3.05) is 13.2 Å². The van der Waals surface area contributed by atoms with Crippen molar-refractivity contribution in [1.29, 1.82) is 5.26 Å². The van der Waals surface area contributed by atoms with Gasteiger partial charge in [0.2, 0.25) is 0 Å². The summed E-state index contributed by atoms with van der Waals surface area (Å²) < 4.78 is 5.87. The van der Waals surface area contributed by atoms with Gasteiger partial charge in [-0.25, -0.2) is 0 Å². The Bertz CT molecular complexity index is 660. The van der Waals surface area contributed by atoms with E-state index >= 15 is 0 Å². The van der Waals surface area contributed by atoms with Crippen molar-refractivity contribution in [2.45, 2.75) is 19.1 Å². The van der Waals surface area contributed by atoms with E-state index < -0.39 is 0 Å². The number of nitrogens with one attached hydrogen (secondary N) is 1. The molecule has 0 amide bonds. The van der Waals surface area contributed by atoms with Gasteiger partial charge in [-0.2, -0.15) is 5.26 Å². The van der Waals surface area contributed by atoms with Gasteiger partial charge in [0, 0.05) is 13.1 Å². The standard InChI is InChI=1S/C18H18N2O/c19-11-14-4-3-5-15(10-14)12-20-13-18-17-7-2-1-6-16(17)8-9-21-18/h1-7,10,18,20H,8-9,12-13H2. The summed E-state index contributed by atoms with van der Waals surface area (Å²) in [6, 6.07) is 18.3. The molecule has 2 aromatic rings. The van der Waals surface area contributed by atoms with E-state index in [9.17, 15) is 0 Å². The highest BCUT2D eigenvalue weighted by Crippen LogP contribution is 2.26. The van der Waals surface area contributed by atoms with E-state index in [0.29, 0.717) is 5.56 Å². The summed E-state index contributed by atoms with van der Waals surface area (Å²) in [5, 5.41) is 12.3. The molecule has 1 aliphatic heterocycles. The van der Waals surface area contributed by atoms with Crippen LogP contribution in [0.25, 0.3) is 0 Å². The molecule has 0 fully saturated rings. The van der Waals surface area contributed by atoms with Gasteiger partial charge < -0.3 is 10.1 Å². The molecular weight excluding hydrogens is 260 g/mol. The minimum absolute atomic E-state index is 0.120. The number of nitrogens with zero attached hydrogens (tertiary/aromatic N) is 1. The first-order valence-corrected chi connectivity index (χ1v) is 7.26. The van der Waals surface area contributed by atoms with Gasteiger partial charge in [0.05, 0.1) is 24.3 Å². The molecule has 3 nitrogen and oxygen atoms in total. The van der Waals surface area contributed by atoms with E-state index in [0.717, 1.165) is 31.7 Å². The summed E-state index contributed by atoms with van der Waals surface area (Å²) in [7, 11) is 0. The first-order chi connectivity index (χ1) is 10.4. The van der Waals surface area contributed by atoms with E-state index in [2.05, 4.69) is 35.7 Å². The van der Waals surface area contributed by atoms with Crippen molar-refractivity contribution in [3.8, 4) is 6.07 Å². The maximum Gasteiger partial charge on any atom is 0.0991 e. The van der Waals surface area contributed by atoms with Gasteiger partial charge in [0.25, 0.3) is 0 Å². The maximum atomic E-state index is 8.91. The highest BCUT2D eigenvalue weighted by Gasteiger charge is 2.19. The lowest BCUT2D eigenvalue weighted by molar-refractivity contribution is 0.0423. The van der Waals surface area contributed by atoms with Crippen molar-refractivity contribution >= 4 is 0 Å². The normalized spacial score (nSPS) is 17.0. The summed E-state index contributed by atoms with van der Waals surface area (Å²) in [6.07, 6.45) is 1.12. The fourth-order valence-electron chi connectivity index (χ4n) is 2.74. The molecule has 0 bridgehead atoms. The van der Waals surface area contributed by atoms with Crippen LogP contribution in [-0.2, 0) is 17.7 Å². The van der Waals surface area contributed by atoms with Crippen LogP contribution in [0.5, 0.6) is 0 Å². The lowest BCUT2D eigenvalue weighted by Gasteiger charge is -2.26. The number of hydrogen-bond acceptors (Lipinski definition) is 3. The lowest BCUT2D eigenvalue weighted by Crippen LogP contribution is -2.27. The van der Waals surface area contributed by atoms with Crippen molar-refractivity contribution in [3.63, 3.8) is 0 Å². The van der Waals surface area contributed by atoms with E-state index in [4.69, 9.17) is 10.00 Å². The van der Waals surface area contributed by atoms with Crippen molar-refractivity contribution in [1.82, 2.24) is 5.32 Å². The fourth-order valence-corrected chi connectivity index (χ4v) is 2.74. The van der Waals surface area contributed by atoms with Gasteiger partial charge in [-0.15, -0.1) is 0 Å². The largest absolute Gasteiger partial charge is 0.372 e. The number of hydrogen-bond donors (Lipinski definition) is 1. The maximum absolute atomic E-state index is 8.91. The molecule has 2 aromatic carbocycles. The number of fused-ring (bicyclic) bond motifs is 1. The fraction of sp³-hybridized carbons (Fsp3) is 0.278. The van der Waals surface area contributed by atoms with E-state index in [1.165, 1.54) is 11.1 Å². The molecule has 0 aromatic heterocycles. The summed E-state index contributed by atoms with van der Waals surface area (Å²) in [5.74, 6) is 0. The second-order valence-electron chi connectivity index (χ2n) is 5.25. The molecule has 0 spiro atoms. The molecule has 3 heteroatoms. The number of nitriles is 1. The molecule has 0 aliphatic carbocycles. The molecule has 1 unspecified atom stereocenters. The van der Waals surface area contributed by atoms with Crippen molar-refractivity contribution < 1.29 is 4.74 Å². The second kappa shape index (κ2) is 6.53. The minimum atomic E-state index is 0.120. The highest BCUT2D eigenvalue weighted by atomic mass is 16.5. The van der Waals surface area contributed by atoms with E-state index in [1.54, 1.807) is 0 Å². The molecule has 1 heterocycles. The Labute approximate surface area is 125 Å². The number of rotatable bonds is 4. The van der Waals surface area contributed by atoms with Crippen LogP contribution in [0.15, 0.2) is 48.5 Å². The molecule has 106 valence electrons. The van der Waals surface area contributed by atoms with Gasteiger partial charge in [0.1, 0.15) is 0 Å². The molecule has 1 aliphatic rings. The smallest absolute Gasteiger partial charge is 0.0991 e. The van der Waals surface area contributed by atoms with E-state index in [1.807, 2.05) is 24.3 Å². The van der Waals surface area contributed by atoms with Crippen LogP contribution in [0, 0.1) is 11.3 Å². The van der Waals surface area contributed by atoms with Crippen LogP contribution in [0.3, 0.4) is 0 Å². The van der Waals surface area contributed by atoms with Crippen LogP contribution in [0.1, 0.15) is 28.4 Å². The molecule has 0 saturated carbocycles. The van der Waals surface area contributed by atoms with Gasteiger partial charge >= 0.3 is 0 Å². The second-order valence-corrected chi connectivity index (χ2v) is 5.25. The summed E-state index contributed by atoms with van der Waals surface area (Å²) in [5.41, 5.74) is 4.51. The van der Waals surface area contributed by atoms with Crippen LogP contribution in [0.2, 0.25) is 0 Å². The molecular formula is C18H18N2O. The summed E-state index contributed by atoms with van der Waals surface area (Å²) in [6.45, 7) is 2.32. The Balaban J connectivity index is 1.60. The SMILES string of the molecule is N#Cc1cccc(CNCC2OCCc3ccccc32)c1. The zero-order valence-corrected chi connectivity index (χ0v) is 11.9. The minimum Gasteiger partial charge on any atom is -0.372 e. The Morgan fingerprint density at radius 1 is 1.19 bits per heavy atom. The van der Waals surface area contributed by atoms with Crippen LogP contribution >= 0.6 is 0 Å². The zero-order valence-electron chi connectivity index (χ0n) is 11.9. The summed E-state index contributed by atoms with van der Waals surface area (Å²) in [4.78, 5) is 0. The van der Waals surface area contributed by atoms with Gasteiger partial charge in [-0.1, -0.05) is 36.4 Å². The predicted molar refractivity (Wildman–Crippen MR) is 81.7 cm³/mol. The average molecular weight is 278 g/mol. The Morgan fingerprint density at radius 3 is 3.00 bits per heavy atom. The third-order valence-electron chi connectivity index (χ3n) is 3.81. The Kier molecular flexibility index (Phi) is 4.30. The first-order valence-electron chi connectivity index (χ1n) is 7.26. The molecule has 0 saturated heterocycles. The van der Waals surface area contributed by atoms with Crippen LogP contribution in [-0.4, -0.2) is 13.2 Å².